The van der Waals surface area contributed by atoms with E-state index >= 15 is 0 Å². The van der Waals surface area contributed by atoms with Crippen LogP contribution in [0.5, 0.6) is 0 Å². The third kappa shape index (κ3) is 4.96. The number of aryl methyl sites for hydroxylation is 1. The zero-order chi connectivity index (χ0) is 18.8. The molecular weight excluding hydrogens is 318 g/mol. The molecule has 1 heterocycles. The van der Waals surface area contributed by atoms with Crippen LogP contribution in [0.3, 0.4) is 0 Å². The first-order valence-corrected chi connectivity index (χ1v) is 8.93. The van der Waals surface area contributed by atoms with Crippen molar-refractivity contribution in [3.8, 4) is 0 Å². The molecule has 140 valence electrons. The number of aromatic nitrogens is 2. The van der Waals surface area contributed by atoms with E-state index < -0.39 is 0 Å². The molecule has 0 aliphatic heterocycles. The average Bonchev–Trinajstić information content (AvgIpc) is 2.87. The maximum Gasteiger partial charge on any atom is 0.320 e. The fourth-order valence-corrected chi connectivity index (χ4v) is 3.35. The number of nitrogens with zero attached hydrogens (tertiary/aromatic N) is 3. The Labute approximate surface area is 150 Å². The lowest BCUT2D eigenvalue weighted by atomic mass is 9.85. The second kappa shape index (κ2) is 7.45. The van der Waals surface area contributed by atoms with E-state index in [-0.39, 0.29) is 29.4 Å². The second-order valence-electron chi connectivity index (χ2n) is 8.15. The quantitative estimate of drug-likeness (QED) is 0.880. The number of anilines is 1. The first-order chi connectivity index (χ1) is 11.6. The summed E-state index contributed by atoms with van der Waals surface area (Å²) < 4.78 is 1.82. The van der Waals surface area contributed by atoms with Crippen molar-refractivity contribution >= 4 is 17.8 Å². The molecule has 2 N–H and O–H groups in total. The van der Waals surface area contributed by atoms with Crippen LogP contribution >= 0.6 is 0 Å². The number of rotatable bonds is 3. The minimum absolute atomic E-state index is 0.00334. The Morgan fingerprint density at radius 3 is 2.56 bits per heavy atom. The molecule has 25 heavy (non-hydrogen) atoms. The van der Waals surface area contributed by atoms with Crippen LogP contribution in [-0.2, 0) is 10.3 Å². The predicted molar refractivity (Wildman–Crippen MR) is 98.6 cm³/mol. The standard InChI is InChI=1S/C18H31N5O2/c1-12-10-15(23(21-12)18(2,3)4)20-17(25)19-14-9-7-8-13(11-14)16(24)22(5)6/h10,13-14H,7-9,11H2,1-6H3,(H2,19,20,25). The number of carbonyl (C=O) groups is 2. The number of nitrogens with one attached hydrogen (secondary N) is 2. The van der Waals surface area contributed by atoms with Crippen molar-refractivity contribution in [2.75, 3.05) is 19.4 Å². The Bertz CT molecular complexity index is 630. The van der Waals surface area contributed by atoms with Gasteiger partial charge in [0.05, 0.1) is 11.2 Å². The van der Waals surface area contributed by atoms with Gasteiger partial charge in [0.1, 0.15) is 5.82 Å². The molecule has 0 aromatic carbocycles. The molecule has 2 rings (SSSR count). The number of amides is 3. The van der Waals surface area contributed by atoms with Crippen LogP contribution in [0.1, 0.15) is 52.1 Å². The van der Waals surface area contributed by atoms with E-state index in [4.69, 9.17) is 0 Å². The number of hydrogen-bond acceptors (Lipinski definition) is 3. The molecule has 7 heteroatoms. The molecule has 2 atom stereocenters. The lowest BCUT2D eigenvalue weighted by Gasteiger charge is -2.30. The van der Waals surface area contributed by atoms with Crippen LogP contribution in [0, 0.1) is 12.8 Å². The molecule has 3 amide bonds. The van der Waals surface area contributed by atoms with Gasteiger partial charge in [-0.05, 0) is 47.0 Å². The van der Waals surface area contributed by atoms with Gasteiger partial charge in [0.15, 0.2) is 0 Å². The van der Waals surface area contributed by atoms with Crippen LogP contribution in [0.4, 0.5) is 10.6 Å². The van der Waals surface area contributed by atoms with Crippen LogP contribution in [0.25, 0.3) is 0 Å². The molecule has 1 aliphatic rings. The highest BCUT2D eigenvalue weighted by atomic mass is 16.2. The molecule has 7 nitrogen and oxygen atoms in total. The van der Waals surface area contributed by atoms with Gasteiger partial charge < -0.3 is 10.2 Å². The molecule has 1 aliphatic carbocycles. The second-order valence-corrected chi connectivity index (χ2v) is 8.15. The van der Waals surface area contributed by atoms with E-state index in [1.54, 1.807) is 19.0 Å². The number of hydrogen-bond donors (Lipinski definition) is 2. The van der Waals surface area contributed by atoms with Crippen molar-refractivity contribution in [1.29, 1.82) is 0 Å². The third-order valence-electron chi connectivity index (χ3n) is 4.51. The highest BCUT2D eigenvalue weighted by Gasteiger charge is 2.29. The monoisotopic (exact) mass is 349 g/mol. The van der Waals surface area contributed by atoms with E-state index in [2.05, 4.69) is 15.7 Å². The molecule has 0 spiro atoms. The maximum atomic E-state index is 12.4. The van der Waals surface area contributed by atoms with E-state index in [1.807, 2.05) is 38.4 Å². The molecule has 0 bridgehead atoms. The summed E-state index contributed by atoms with van der Waals surface area (Å²) >= 11 is 0. The Kier molecular flexibility index (Phi) is 5.75. The van der Waals surface area contributed by atoms with Gasteiger partial charge in [0, 0.05) is 32.1 Å². The first kappa shape index (κ1) is 19.3. The summed E-state index contributed by atoms with van der Waals surface area (Å²) in [5.41, 5.74) is 0.643. The number of urea groups is 1. The molecule has 1 aromatic heterocycles. The fourth-order valence-electron chi connectivity index (χ4n) is 3.35. The van der Waals surface area contributed by atoms with Crippen molar-refractivity contribution < 1.29 is 9.59 Å². The molecular formula is C18H31N5O2. The van der Waals surface area contributed by atoms with Crippen molar-refractivity contribution in [2.45, 2.75) is 65.0 Å². The minimum atomic E-state index is -0.242. The van der Waals surface area contributed by atoms with E-state index in [0.29, 0.717) is 12.2 Å². The van der Waals surface area contributed by atoms with Crippen molar-refractivity contribution in [2.24, 2.45) is 5.92 Å². The van der Waals surface area contributed by atoms with Gasteiger partial charge in [-0.2, -0.15) is 5.10 Å². The first-order valence-electron chi connectivity index (χ1n) is 8.93. The molecule has 0 saturated heterocycles. The Morgan fingerprint density at radius 1 is 1.28 bits per heavy atom. The lowest BCUT2D eigenvalue weighted by Crippen LogP contribution is -2.44. The van der Waals surface area contributed by atoms with Gasteiger partial charge in [0.25, 0.3) is 0 Å². The van der Waals surface area contributed by atoms with Crippen LogP contribution in [-0.4, -0.2) is 46.8 Å². The van der Waals surface area contributed by atoms with Crippen LogP contribution < -0.4 is 10.6 Å². The molecule has 1 saturated carbocycles. The molecule has 1 aromatic rings. The Balaban J connectivity index is 1.98. The summed E-state index contributed by atoms with van der Waals surface area (Å²) in [4.78, 5) is 26.2. The summed E-state index contributed by atoms with van der Waals surface area (Å²) in [6, 6.07) is 1.65. The normalized spacial score (nSPS) is 20.9. The van der Waals surface area contributed by atoms with Gasteiger partial charge in [-0.1, -0.05) is 6.42 Å². The molecule has 2 unspecified atom stereocenters. The fraction of sp³-hybridized carbons (Fsp3) is 0.722. The topological polar surface area (TPSA) is 79.3 Å². The summed E-state index contributed by atoms with van der Waals surface area (Å²) in [6.45, 7) is 8.03. The highest BCUT2D eigenvalue weighted by Crippen LogP contribution is 2.26. The number of carbonyl (C=O) groups excluding carboxylic acids is 2. The lowest BCUT2D eigenvalue weighted by molar-refractivity contribution is -0.134. The summed E-state index contributed by atoms with van der Waals surface area (Å²) in [7, 11) is 3.56. The van der Waals surface area contributed by atoms with Gasteiger partial charge in [0.2, 0.25) is 5.91 Å². The van der Waals surface area contributed by atoms with E-state index in [9.17, 15) is 9.59 Å². The Morgan fingerprint density at radius 2 is 1.96 bits per heavy atom. The summed E-state index contributed by atoms with van der Waals surface area (Å²) in [5.74, 6) is 0.823. The highest BCUT2D eigenvalue weighted by molar-refractivity contribution is 5.88. The SMILES string of the molecule is Cc1cc(NC(=O)NC2CCCC(C(=O)N(C)C)C2)n(C(C)(C)C)n1. The van der Waals surface area contributed by atoms with Gasteiger partial charge >= 0.3 is 6.03 Å². The zero-order valence-corrected chi connectivity index (χ0v) is 16.2. The maximum absolute atomic E-state index is 12.4. The van der Waals surface area contributed by atoms with Crippen LogP contribution in [0.15, 0.2) is 6.07 Å². The molecule has 1 fully saturated rings. The minimum Gasteiger partial charge on any atom is -0.349 e. The van der Waals surface area contributed by atoms with E-state index in [1.165, 1.54) is 0 Å². The summed E-state index contributed by atoms with van der Waals surface area (Å²) in [5, 5.41) is 10.4. The molecule has 0 radical (unpaired) electrons. The van der Waals surface area contributed by atoms with Crippen molar-refractivity contribution in [3.05, 3.63) is 11.8 Å². The van der Waals surface area contributed by atoms with Crippen LogP contribution in [0.2, 0.25) is 0 Å². The van der Waals surface area contributed by atoms with Gasteiger partial charge in [-0.25, -0.2) is 9.48 Å². The van der Waals surface area contributed by atoms with E-state index in [0.717, 1.165) is 25.0 Å². The third-order valence-corrected chi connectivity index (χ3v) is 4.51. The Hall–Kier alpha value is -2.05. The largest absolute Gasteiger partial charge is 0.349 e. The van der Waals surface area contributed by atoms with Crippen molar-refractivity contribution in [3.63, 3.8) is 0 Å². The zero-order valence-electron chi connectivity index (χ0n) is 16.2. The smallest absolute Gasteiger partial charge is 0.320 e. The van der Waals surface area contributed by atoms with Gasteiger partial charge in [-0.3, -0.25) is 10.1 Å². The van der Waals surface area contributed by atoms with Gasteiger partial charge in [-0.15, -0.1) is 0 Å². The predicted octanol–water partition coefficient (Wildman–Crippen LogP) is 2.72. The summed E-state index contributed by atoms with van der Waals surface area (Å²) in [6.07, 6.45) is 3.45. The average molecular weight is 349 g/mol. The van der Waals surface area contributed by atoms with Crippen molar-refractivity contribution in [1.82, 2.24) is 20.0 Å².